The van der Waals surface area contributed by atoms with Crippen LogP contribution in [0.25, 0.3) is 0 Å². The summed E-state index contributed by atoms with van der Waals surface area (Å²) in [5, 5.41) is 8.36. The minimum Gasteiger partial charge on any atom is -0.481 e. The van der Waals surface area contributed by atoms with Crippen molar-refractivity contribution in [2.24, 2.45) is 0 Å². The van der Waals surface area contributed by atoms with Crippen LogP contribution < -0.4 is 0 Å². The fourth-order valence-electron chi connectivity index (χ4n) is 0.900. The fraction of sp³-hybridized carbons (Fsp3) is 0.875. The quantitative estimate of drug-likeness (QED) is 0.651. The van der Waals surface area contributed by atoms with Crippen molar-refractivity contribution in [3.8, 4) is 0 Å². The van der Waals surface area contributed by atoms with Gasteiger partial charge in [-0.05, 0) is 0 Å². The summed E-state index contributed by atoms with van der Waals surface area (Å²) in [6.07, 6.45) is -4.88. The number of ether oxygens (including phenoxy) is 1. The van der Waals surface area contributed by atoms with Crippen LogP contribution in [-0.2, 0) is 19.6 Å². The molecule has 6 nitrogen and oxygen atoms in total. The topological polar surface area (TPSA) is 83.9 Å². The van der Waals surface area contributed by atoms with E-state index in [-0.39, 0.29) is 13.0 Å². The zero-order valence-corrected chi connectivity index (χ0v) is 10.4. The third kappa shape index (κ3) is 8.25. The van der Waals surface area contributed by atoms with Gasteiger partial charge in [-0.3, -0.25) is 4.79 Å². The van der Waals surface area contributed by atoms with E-state index in [1.165, 1.54) is 0 Å². The van der Waals surface area contributed by atoms with E-state index in [1.54, 1.807) is 0 Å². The van der Waals surface area contributed by atoms with Crippen molar-refractivity contribution in [3.63, 3.8) is 0 Å². The van der Waals surface area contributed by atoms with Crippen LogP contribution in [0.3, 0.4) is 0 Å². The Morgan fingerprint density at radius 2 is 1.94 bits per heavy atom. The van der Waals surface area contributed by atoms with Crippen LogP contribution in [0.4, 0.5) is 13.2 Å². The molecule has 0 heterocycles. The molecule has 108 valence electrons. The van der Waals surface area contributed by atoms with Gasteiger partial charge in [0.1, 0.15) is 6.61 Å². The molecule has 0 aromatic carbocycles. The Balaban J connectivity index is 4.03. The van der Waals surface area contributed by atoms with E-state index < -0.39 is 41.1 Å². The van der Waals surface area contributed by atoms with Gasteiger partial charge in [-0.25, -0.2) is 12.7 Å². The zero-order valence-electron chi connectivity index (χ0n) is 9.61. The van der Waals surface area contributed by atoms with Crippen LogP contribution in [0.15, 0.2) is 0 Å². The molecule has 0 fully saturated rings. The number of sulfonamides is 1. The van der Waals surface area contributed by atoms with Crippen molar-refractivity contribution in [1.82, 2.24) is 4.31 Å². The second kappa shape index (κ2) is 6.90. The summed E-state index contributed by atoms with van der Waals surface area (Å²) >= 11 is 0. The molecule has 0 amide bonds. The summed E-state index contributed by atoms with van der Waals surface area (Å²) < 4.78 is 62.9. The number of aliphatic carboxylic acids is 1. The second-order valence-electron chi connectivity index (χ2n) is 3.45. The van der Waals surface area contributed by atoms with Gasteiger partial charge in [0.25, 0.3) is 0 Å². The van der Waals surface area contributed by atoms with Crippen LogP contribution in [-0.4, -0.2) is 62.5 Å². The molecule has 0 bridgehead atoms. The Morgan fingerprint density at radius 3 is 2.39 bits per heavy atom. The SMILES string of the molecule is CN(CCC(=O)O)S(=O)(=O)CCOCC(F)(F)F. The molecule has 0 radical (unpaired) electrons. The maximum Gasteiger partial charge on any atom is 0.411 e. The van der Waals surface area contributed by atoms with E-state index in [4.69, 9.17) is 5.11 Å². The molecular weight excluding hydrogens is 279 g/mol. The number of hydrogen-bond donors (Lipinski definition) is 1. The van der Waals surface area contributed by atoms with Crippen LogP contribution in [0.1, 0.15) is 6.42 Å². The molecule has 0 aromatic heterocycles. The predicted molar refractivity (Wildman–Crippen MR) is 55.5 cm³/mol. The number of rotatable bonds is 8. The average Bonchev–Trinajstić information content (AvgIpc) is 2.19. The molecule has 0 saturated heterocycles. The minimum atomic E-state index is -4.50. The molecule has 0 unspecified atom stereocenters. The Labute approximate surface area is 102 Å². The number of nitrogens with zero attached hydrogens (tertiary/aromatic N) is 1. The molecule has 0 aromatic rings. The van der Waals surface area contributed by atoms with Crippen LogP contribution in [0.5, 0.6) is 0 Å². The van der Waals surface area contributed by atoms with E-state index in [9.17, 15) is 26.4 Å². The number of halogens is 3. The number of carboxylic acids is 1. The first-order valence-electron chi connectivity index (χ1n) is 4.85. The summed E-state index contributed by atoms with van der Waals surface area (Å²) in [4.78, 5) is 10.2. The molecular formula is C8H14F3NO5S. The maximum atomic E-state index is 11.7. The molecule has 0 aliphatic heterocycles. The highest BCUT2D eigenvalue weighted by Gasteiger charge is 2.28. The zero-order chi connectivity index (χ0) is 14.4. The number of alkyl halides is 3. The number of carbonyl (C=O) groups is 1. The summed E-state index contributed by atoms with van der Waals surface area (Å²) in [5.41, 5.74) is 0. The van der Waals surface area contributed by atoms with Gasteiger partial charge in [0.15, 0.2) is 0 Å². The lowest BCUT2D eigenvalue weighted by Crippen LogP contribution is -2.33. The van der Waals surface area contributed by atoms with E-state index >= 15 is 0 Å². The summed E-state index contributed by atoms with van der Waals surface area (Å²) in [6, 6.07) is 0. The normalized spacial score (nSPS) is 12.9. The standard InChI is InChI=1S/C8H14F3NO5S/c1-12(3-2-7(13)14)18(15,16)5-4-17-6-8(9,10)11/h2-6H2,1H3,(H,13,14). The largest absolute Gasteiger partial charge is 0.481 e. The molecule has 0 atom stereocenters. The van der Waals surface area contributed by atoms with E-state index in [0.29, 0.717) is 0 Å². The van der Waals surface area contributed by atoms with Gasteiger partial charge in [-0.1, -0.05) is 0 Å². The van der Waals surface area contributed by atoms with Gasteiger partial charge in [-0.2, -0.15) is 13.2 Å². The van der Waals surface area contributed by atoms with Crippen molar-refractivity contribution in [2.75, 3.05) is 32.6 Å². The van der Waals surface area contributed by atoms with E-state index in [2.05, 4.69) is 4.74 Å². The summed E-state index contributed by atoms with van der Waals surface area (Å²) in [7, 11) is -2.64. The third-order valence-corrected chi connectivity index (χ3v) is 3.68. The molecule has 0 aliphatic carbocycles. The lowest BCUT2D eigenvalue weighted by atomic mass is 10.4. The Kier molecular flexibility index (Phi) is 6.57. The fourth-order valence-corrected chi connectivity index (χ4v) is 1.91. The molecule has 0 spiro atoms. The molecule has 0 aliphatic rings. The lowest BCUT2D eigenvalue weighted by Gasteiger charge is -2.16. The summed E-state index contributed by atoms with van der Waals surface area (Å²) in [6.45, 7) is -2.35. The van der Waals surface area contributed by atoms with Crippen molar-refractivity contribution in [3.05, 3.63) is 0 Å². The van der Waals surface area contributed by atoms with Gasteiger partial charge in [0.05, 0.1) is 18.8 Å². The second-order valence-corrected chi connectivity index (χ2v) is 5.64. The van der Waals surface area contributed by atoms with Gasteiger partial charge in [0.2, 0.25) is 10.0 Å². The first kappa shape index (κ1) is 17.1. The molecule has 18 heavy (non-hydrogen) atoms. The lowest BCUT2D eigenvalue weighted by molar-refractivity contribution is -0.172. The van der Waals surface area contributed by atoms with E-state index in [0.717, 1.165) is 11.4 Å². The number of carboxylic acid groups (broad SMARTS) is 1. The van der Waals surface area contributed by atoms with Crippen LogP contribution in [0.2, 0.25) is 0 Å². The van der Waals surface area contributed by atoms with Gasteiger partial charge in [-0.15, -0.1) is 0 Å². The highest BCUT2D eigenvalue weighted by molar-refractivity contribution is 7.89. The molecule has 10 heteroatoms. The average molecular weight is 293 g/mol. The number of hydrogen-bond acceptors (Lipinski definition) is 4. The van der Waals surface area contributed by atoms with Crippen molar-refractivity contribution in [2.45, 2.75) is 12.6 Å². The monoisotopic (exact) mass is 293 g/mol. The molecule has 0 saturated carbocycles. The van der Waals surface area contributed by atoms with Crippen LogP contribution in [0, 0.1) is 0 Å². The van der Waals surface area contributed by atoms with Crippen LogP contribution >= 0.6 is 0 Å². The Bertz CT molecular complexity index is 367. The first-order chi connectivity index (χ1) is 8.04. The van der Waals surface area contributed by atoms with Crippen molar-refractivity contribution in [1.29, 1.82) is 0 Å². The molecule has 0 rings (SSSR count). The Hall–Kier alpha value is -0.870. The highest BCUT2D eigenvalue weighted by Crippen LogP contribution is 2.14. The maximum absolute atomic E-state index is 11.7. The smallest absolute Gasteiger partial charge is 0.411 e. The van der Waals surface area contributed by atoms with Gasteiger partial charge in [0, 0.05) is 13.6 Å². The first-order valence-corrected chi connectivity index (χ1v) is 6.46. The predicted octanol–water partition coefficient (Wildman–Crippen LogP) is 0.302. The van der Waals surface area contributed by atoms with Gasteiger partial charge < -0.3 is 9.84 Å². The van der Waals surface area contributed by atoms with Crippen molar-refractivity contribution < 1.29 is 36.2 Å². The minimum absolute atomic E-state index is 0.239. The van der Waals surface area contributed by atoms with E-state index in [1.807, 2.05) is 0 Å². The third-order valence-electron chi connectivity index (χ3n) is 1.87. The Morgan fingerprint density at radius 1 is 1.39 bits per heavy atom. The van der Waals surface area contributed by atoms with Crippen molar-refractivity contribution >= 4 is 16.0 Å². The highest BCUT2D eigenvalue weighted by atomic mass is 32.2. The van der Waals surface area contributed by atoms with Gasteiger partial charge >= 0.3 is 12.1 Å². The summed E-state index contributed by atoms with van der Waals surface area (Å²) in [5.74, 6) is -1.79. The molecule has 1 N–H and O–H groups in total.